The van der Waals surface area contributed by atoms with Gasteiger partial charge in [-0.25, -0.2) is 0 Å². The summed E-state index contributed by atoms with van der Waals surface area (Å²) in [4.78, 5) is 2.97. The van der Waals surface area contributed by atoms with Gasteiger partial charge < -0.3 is 9.47 Å². The molecule has 2 rings (SSSR count). The smallest absolute Gasteiger partial charge is 0.0951 e. The zero-order chi connectivity index (χ0) is 21.3. The molecule has 1 aromatic rings. The first-order valence-electron chi connectivity index (χ1n) is 11.8. The molecule has 0 spiro atoms. The number of unbranched alkanes of at least 4 members (excludes halogenated alkanes) is 9. The predicted octanol–water partition coefficient (Wildman–Crippen LogP) is 7.52. The summed E-state index contributed by atoms with van der Waals surface area (Å²) in [5.41, 5.74) is 9.95. The highest BCUT2D eigenvalue weighted by atomic mass is 16.6. The molecule has 30 heavy (non-hydrogen) atoms. The van der Waals surface area contributed by atoms with Crippen LogP contribution in [0.25, 0.3) is 10.4 Å². The molecule has 0 saturated carbocycles. The molecule has 0 aromatic heterocycles. The Hall–Kier alpha value is -1.81. The number of azide groups is 1. The molecule has 1 aliphatic rings. The van der Waals surface area contributed by atoms with E-state index in [1.165, 1.54) is 57.8 Å². The summed E-state index contributed by atoms with van der Waals surface area (Å²) in [5, 5.41) is 3.88. The second-order valence-electron chi connectivity index (χ2n) is 8.23. The highest BCUT2D eigenvalue weighted by molar-refractivity contribution is 5.13. The molecule has 3 atom stereocenters. The fourth-order valence-corrected chi connectivity index (χ4v) is 3.93. The van der Waals surface area contributed by atoms with Gasteiger partial charge in [-0.1, -0.05) is 106 Å². The van der Waals surface area contributed by atoms with E-state index in [0.29, 0.717) is 13.2 Å². The third-order valence-electron chi connectivity index (χ3n) is 5.72. The lowest BCUT2D eigenvalue weighted by Crippen LogP contribution is -2.31. The molecule has 5 heteroatoms. The molecule has 0 aliphatic carbocycles. The second-order valence-corrected chi connectivity index (χ2v) is 8.23. The zero-order valence-corrected chi connectivity index (χ0v) is 18.6. The normalized spacial score (nSPS) is 21.2. The maximum Gasteiger partial charge on any atom is 0.0951 e. The van der Waals surface area contributed by atoms with E-state index in [9.17, 15) is 0 Å². The predicted molar refractivity (Wildman–Crippen MR) is 123 cm³/mol. The molecule has 5 nitrogen and oxygen atoms in total. The van der Waals surface area contributed by atoms with Gasteiger partial charge >= 0.3 is 0 Å². The van der Waals surface area contributed by atoms with E-state index in [1.807, 2.05) is 30.3 Å². The Morgan fingerprint density at radius 1 is 1.03 bits per heavy atom. The van der Waals surface area contributed by atoms with Crippen LogP contribution in [0.2, 0.25) is 0 Å². The fraction of sp³-hybridized carbons (Fsp3) is 0.680. The molecule has 0 radical (unpaired) electrons. The van der Waals surface area contributed by atoms with Crippen molar-refractivity contribution < 1.29 is 9.47 Å². The minimum Gasteiger partial charge on any atom is -0.375 e. The van der Waals surface area contributed by atoms with Crippen LogP contribution in [0.4, 0.5) is 0 Å². The van der Waals surface area contributed by atoms with Crippen LogP contribution in [-0.4, -0.2) is 24.9 Å². The SMILES string of the molecule is CCCCCCCCCCC/C=C\C[C@@H]1OC[C@H](N=[N+]=[N-])[C@H]1OCc1ccccc1. The Morgan fingerprint density at radius 3 is 2.43 bits per heavy atom. The van der Waals surface area contributed by atoms with E-state index in [4.69, 9.17) is 15.0 Å². The topological polar surface area (TPSA) is 67.2 Å². The summed E-state index contributed by atoms with van der Waals surface area (Å²) >= 11 is 0. The number of nitrogens with zero attached hydrogens (tertiary/aromatic N) is 3. The first kappa shape index (κ1) is 24.5. The molecular weight excluding hydrogens is 374 g/mol. The summed E-state index contributed by atoms with van der Waals surface area (Å²) in [5.74, 6) is 0. The Kier molecular flexibility index (Phi) is 13.0. The van der Waals surface area contributed by atoms with Crippen molar-refractivity contribution in [1.82, 2.24) is 0 Å². The molecular formula is C25H39N3O2. The Balaban J connectivity index is 1.63. The number of allylic oxidation sites excluding steroid dienone is 1. The van der Waals surface area contributed by atoms with Gasteiger partial charge in [0.15, 0.2) is 0 Å². The van der Waals surface area contributed by atoms with E-state index in [-0.39, 0.29) is 18.2 Å². The summed E-state index contributed by atoms with van der Waals surface area (Å²) in [6, 6.07) is 9.82. The molecule has 1 saturated heterocycles. The number of ether oxygens (including phenoxy) is 2. The molecule has 0 N–H and O–H groups in total. The maximum atomic E-state index is 8.84. The summed E-state index contributed by atoms with van der Waals surface area (Å²) in [6.07, 6.45) is 18.4. The lowest BCUT2D eigenvalue weighted by atomic mass is 10.0. The van der Waals surface area contributed by atoms with Crippen molar-refractivity contribution in [3.05, 3.63) is 58.5 Å². The van der Waals surface area contributed by atoms with Crippen molar-refractivity contribution >= 4 is 0 Å². The van der Waals surface area contributed by atoms with Gasteiger partial charge in [-0.05, 0) is 30.4 Å². The number of hydrogen-bond donors (Lipinski definition) is 0. The molecule has 1 aliphatic heterocycles. The summed E-state index contributed by atoms with van der Waals surface area (Å²) in [6.45, 7) is 3.20. The largest absolute Gasteiger partial charge is 0.375 e. The highest BCUT2D eigenvalue weighted by Crippen LogP contribution is 2.25. The molecule has 0 amide bonds. The zero-order valence-electron chi connectivity index (χ0n) is 18.6. The van der Waals surface area contributed by atoms with Crippen molar-refractivity contribution in [3.63, 3.8) is 0 Å². The summed E-state index contributed by atoms with van der Waals surface area (Å²) in [7, 11) is 0. The lowest BCUT2D eigenvalue weighted by Gasteiger charge is -2.20. The standard InChI is InChI=1S/C25H39N3O2/c1-2-3-4-5-6-7-8-9-10-11-12-16-19-24-25(23(21-29-24)27-28-26)30-20-22-17-14-13-15-18-22/h12-18,23-25H,2-11,19-21H2,1H3/b16-12-/t23-,24-,25+/m0/s1. The molecule has 166 valence electrons. The van der Waals surface area contributed by atoms with E-state index in [0.717, 1.165) is 18.4 Å². The van der Waals surface area contributed by atoms with Gasteiger partial charge in [0.1, 0.15) is 0 Å². The average Bonchev–Trinajstić information content (AvgIpc) is 3.15. The number of rotatable bonds is 16. The second kappa shape index (κ2) is 16.0. The summed E-state index contributed by atoms with van der Waals surface area (Å²) < 4.78 is 12.0. The van der Waals surface area contributed by atoms with Gasteiger partial charge in [0.05, 0.1) is 31.5 Å². The lowest BCUT2D eigenvalue weighted by molar-refractivity contribution is -0.0185. The van der Waals surface area contributed by atoms with Crippen molar-refractivity contribution in [2.45, 2.75) is 102 Å². The maximum absolute atomic E-state index is 8.84. The fourth-order valence-electron chi connectivity index (χ4n) is 3.93. The molecule has 0 bridgehead atoms. The van der Waals surface area contributed by atoms with Crippen LogP contribution >= 0.6 is 0 Å². The van der Waals surface area contributed by atoms with E-state index in [1.54, 1.807) is 0 Å². The van der Waals surface area contributed by atoms with Crippen LogP contribution in [0.1, 0.15) is 83.1 Å². The van der Waals surface area contributed by atoms with Gasteiger partial charge in [0.2, 0.25) is 0 Å². The van der Waals surface area contributed by atoms with Gasteiger partial charge in [0, 0.05) is 4.91 Å². The quantitative estimate of drug-likeness (QED) is 0.0924. The third kappa shape index (κ3) is 9.80. The van der Waals surface area contributed by atoms with E-state index < -0.39 is 0 Å². The van der Waals surface area contributed by atoms with Crippen LogP contribution < -0.4 is 0 Å². The van der Waals surface area contributed by atoms with E-state index in [2.05, 4.69) is 29.1 Å². The molecule has 0 unspecified atom stereocenters. The van der Waals surface area contributed by atoms with Crippen LogP contribution in [0, 0.1) is 0 Å². The van der Waals surface area contributed by atoms with Crippen molar-refractivity contribution in [1.29, 1.82) is 0 Å². The Labute approximate surface area is 182 Å². The third-order valence-corrected chi connectivity index (χ3v) is 5.72. The minimum absolute atomic E-state index is 0.0522. The van der Waals surface area contributed by atoms with Gasteiger partial charge in [-0.15, -0.1) is 0 Å². The minimum atomic E-state index is -0.255. The monoisotopic (exact) mass is 413 g/mol. The van der Waals surface area contributed by atoms with Crippen LogP contribution in [0.3, 0.4) is 0 Å². The van der Waals surface area contributed by atoms with E-state index >= 15 is 0 Å². The Bertz CT molecular complexity index is 629. The van der Waals surface area contributed by atoms with Crippen molar-refractivity contribution in [2.75, 3.05) is 6.61 Å². The number of hydrogen-bond acceptors (Lipinski definition) is 3. The molecule has 1 heterocycles. The van der Waals surface area contributed by atoms with Gasteiger partial charge in [-0.2, -0.15) is 0 Å². The van der Waals surface area contributed by atoms with Crippen LogP contribution in [0.15, 0.2) is 47.6 Å². The average molecular weight is 414 g/mol. The number of benzene rings is 1. The van der Waals surface area contributed by atoms with Gasteiger partial charge in [-0.3, -0.25) is 0 Å². The highest BCUT2D eigenvalue weighted by Gasteiger charge is 2.36. The molecule has 1 fully saturated rings. The van der Waals surface area contributed by atoms with Gasteiger partial charge in [0.25, 0.3) is 0 Å². The van der Waals surface area contributed by atoms with Crippen LogP contribution in [0.5, 0.6) is 0 Å². The van der Waals surface area contributed by atoms with Crippen LogP contribution in [-0.2, 0) is 16.1 Å². The van der Waals surface area contributed by atoms with Crippen molar-refractivity contribution in [3.8, 4) is 0 Å². The first-order chi connectivity index (χ1) is 14.8. The van der Waals surface area contributed by atoms with Crippen molar-refractivity contribution in [2.24, 2.45) is 5.11 Å². The molecule has 1 aromatic carbocycles. The Morgan fingerprint density at radius 2 is 1.73 bits per heavy atom. The first-order valence-corrected chi connectivity index (χ1v) is 11.8.